The molecule has 2 heterocycles. The highest BCUT2D eigenvalue weighted by atomic mass is 35.5. The van der Waals surface area contributed by atoms with Crippen LogP contribution in [-0.4, -0.2) is 9.97 Å². The van der Waals surface area contributed by atoms with E-state index in [9.17, 15) is 0 Å². The molecule has 0 N–H and O–H groups in total. The monoisotopic (exact) mass is 280 g/mol. The van der Waals surface area contributed by atoms with Crippen LogP contribution >= 0.6 is 11.6 Å². The molecule has 0 unspecified atom stereocenters. The van der Waals surface area contributed by atoms with Crippen LogP contribution in [0.25, 0.3) is 22.3 Å². The Balaban J connectivity index is 2.20. The van der Waals surface area contributed by atoms with Crippen LogP contribution < -0.4 is 0 Å². The Bertz CT molecular complexity index is 697. The second-order valence-electron chi connectivity index (χ2n) is 4.49. The molecule has 0 spiro atoms. The quantitative estimate of drug-likeness (QED) is 0.658. The van der Waals surface area contributed by atoms with Gasteiger partial charge in [-0.2, -0.15) is 0 Å². The highest BCUT2D eigenvalue weighted by molar-refractivity contribution is 6.17. The molecule has 1 aromatic carbocycles. The van der Waals surface area contributed by atoms with Crippen LogP contribution in [0.15, 0.2) is 67.3 Å². The minimum atomic E-state index is 0.504. The van der Waals surface area contributed by atoms with Gasteiger partial charge in [0.2, 0.25) is 0 Å². The highest BCUT2D eigenvalue weighted by Gasteiger charge is 2.08. The third-order valence-corrected chi connectivity index (χ3v) is 3.51. The third kappa shape index (κ3) is 2.56. The summed E-state index contributed by atoms with van der Waals surface area (Å²) >= 11 is 5.96. The van der Waals surface area contributed by atoms with Gasteiger partial charge in [0.1, 0.15) is 0 Å². The van der Waals surface area contributed by atoms with Crippen molar-refractivity contribution in [3.63, 3.8) is 0 Å². The molecule has 3 rings (SSSR count). The molecule has 2 aromatic heterocycles. The number of hydrogen-bond acceptors (Lipinski definition) is 2. The van der Waals surface area contributed by atoms with Gasteiger partial charge >= 0.3 is 0 Å². The molecule has 0 radical (unpaired) electrons. The van der Waals surface area contributed by atoms with Crippen LogP contribution in [-0.2, 0) is 5.88 Å². The number of rotatable bonds is 3. The summed E-state index contributed by atoms with van der Waals surface area (Å²) in [6, 6.07) is 14.3. The molecule has 0 aliphatic carbocycles. The van der Waals surface area contributed by atoms with Gasteiger partial charge in [-0.25, -0.2) is 0 Å². The number of pyridine rings is 2. The molecule has 0 saturated carbocycles. The molecule has 0 saturated heterocycles. The molecule has 3 heteroatoms. The van der Waals surface area contributed by atoms with Crippen molar-refractivity contribution in [2.24, 2.45) is 0 Å². The zero-order valence-electron chi connectivity index (χ0n) is 10.8. The minimum Gasteiger partial charge on any atom is -0.265 e. The first-order chi connectivity index (χ1) is 9.88. The lowest BCUT2D eigenvalue weighted by Gasteiger charge is -2.11. The molecule has 0 fully saturated rings. The standard InChI is InChI=1S/C17H13ClN2/c18-11-13-3-4-16(14-5-8-19-9-6-14)17(10-13)15-2-1-7-20-12-15/h1-10,12H,11H2. The Morgan fingerprint density at radius 3 is 2.35 bits per heavy atom. The molecule has 3 aromatic rings. The molecule has 0 atom stereocenters. The van der Waals surface area contributed by atoms with E-state index in [1.807, 2.05) is 24.4 Å². The lowest BCUT2D eigenvalue weighted by molar-refractivity contribution is 1.31. The van der Waals surface area contributed by atoms with Gasteiger partial charge in [0.25, 0.3) is 0 Å². The number of benzene rings is 1. The summed E-state index contributed by atoms with van der Waals surface area (Å²) in [7, 11) is 0. The van der Waals surface area contributed by atoms with Crippen molar-refractivity contribution in [2.75, 3.05) is 0 Å². The second kappa shape index (κ2) is 5.85. The summed E-state index contributed by atoms with van der Waals surface area (Å²) in [4.78, 5) is 8.28. The summed E-state index contributed by atoms with van der Waals surface area (Å²) in [5.74, 6) is 0.504. The topological polar surface area (TPSA) is 25.8 Å². The lowest BCUT2D eigenvalue weighted by Crippen LogP contribution is -1.89. The maximum atomic E-state index is 5.96. The molecule has 0 amide bonds. The predicted molar refractivity (Wildman–Crippen MR) is 82.5 cm³/mol. The largest absolute Gasteiger partial charge is 0.265 e. The second-order valence-corrected chi connectivity index (χ2v) is 4.76. The number of halogens is 1. The van der Waals surface area contributed by atoms with E-state index in [1.54, 1.807) is 18.6 Å². The Kier molecular flexibility index (Phi) is 3.75. The predicted octanol–water partition coefficient (Wildman–Crippen LogP) is 4.55. The zero-order valence-corrected chi connectivity index (χ0v) is 11.6. The average molecular weight is 281 g/mol. The van der Waals surface area contributed by atoms with E-state index in [2.05, 4.69) is 34.2 Å². The van der Waals surface area contributed by atoms with Gasteiger partial charge in [0.15, 0.2) is 0 Å². The number of nitrogens with zero attached hydrogens (tertiary/aromatic N) is 2. The van der Waals surface area contributed by atoms with Crippen LogP contribution in [0.2, 0.25) is 0 Å². The van der Waals surface area contributed by atoms with E-state index in [4.69, 9.17) is 11.6 Å². The van der Waals surface area contributed by atoms with Gasteiger partial charge in [-0.3, -0.25) is 9.97 Å². The first-order valence-corrected chi connectivity index (χ1v) is 6.91. The molecule has 0 aliphatic rings. The van der Waals surface area contributed by atoms with Crippen molar-refractivity contribution < 1.29 is 0 Å². The van der Waals surface area contributed by atoms with Crippen molar-refractivity contribution in [3.05, 3.63) is 72.8 Å². The van der Waals surface area contributed by atoms with Gasteiger partial charge in [-0.15, -0.1) is 11.6 Å². The summed E-state index contributed by atoms with van der Waals surface area (Å²) in [5, 5.41) is 0. The zero-order chi connectivity index (χ0) is 13.8. The van der Waals surface area contributed by atoms with Crippen molar-refractivity contribution in [1.82, 2.24) is 9.97 Å². The summed E-state index contributed by atoms with van der Waals surface area (Å²) < 4.78 is 0. The van der Waals surface area contributed by atoms with Crippen molar-refractivity contribution >= 4 is 11.6 Å². The summed E-state index contributed by atoms with van der Waals surface area (Å²) in [6.07, 6.45) is 7.26. The fraction of sp³-hybridized carbons (Fsp3) is 0.0588. The lowest BCUT2D eigenvalue weighted by atomic mass is 9.94. The Hall–Kier alpha value is -2.19. The molecular formula is C17H13ClN2. The molecule has 98 valence electrons. The van der Waals surface area contributed by atoms with E-state index >= 15 is 0 Å². The van der Waals surface area contributed by atoms with Crippen molar-refractivity contribution in [1.29, 1.82) is 0 Å². The Morgan fingerprint density at radius 1 is 0.800 bits per heavy atom. The van der Waals surface area contributed by atoms with Crippen LogP contribution in [0.1, 0.15) is 5.56 Å². The summed E-state index contributed by atoms with van der Waals surface area (Å²) in [6.45, 7) is 0. The van der Waals surface area contributed by atoms with Gasteiger partial charge < -0.3 is 0 Å². The van der Waals surface area contributed by atoms with Crippen LogP contribution in [0.4, 0.5) is 0 Å². The third-order valence-electron chi connectivity index (χ3n) is 3.20. The van der Waals surface area contributed by atoms with E-state index < -0.39 is 0 Å². The maximum absolute atomic E-state index is 5.96. The SMILES string of the molecule is ClCc1ccc(-c2ccncc2)c(-c2cccnc2)c1. The molecule has 0 aliphatic heterocycles. The number of aromatic nitrogens is 2. The first kappa shape index (κ1) is 12.8. The van der Waals surface area contributed by atoms with E-state index in [0.717, 1.165) is 27.8 Å². The van der Waals surface area contributed by atoms with Crippen LogP contribution in [0.3, 0.4) is 0 Å². The Morgan fingerprint density at radius 2 is 1.65 bits per heavy atom. The van der Waals surface area contributed by atoms with Gasteiger partial charge in [-0.1, -0.05) is 18.2 Å². The Labute approximate surface area is 123 Å². The van der Waals surface area contributed by atoms with Gasteiger partial charge in [-0.05, 0) is 46.5 Å². The van der Waals surface area contributed by atoms with Crippen LogP contribution in [0.5, 0.6) is 0 Å². The molecule has 0 bridgehead atoms. The van der Waals surface area contributed by atoms with Crippen LogP contribution in [0, 0.1) is 0 Å². The number of alkyl halides is 1. The molecule has 2 nitrogen and oxygen atoms in total. The molecule has 20 heavy (non-hydrogen) atoms. The normalized spacial score (nSPS) is 10.4. The van der Waals surface area contributed by atoms with Crippen molar-refractivity contribution in [2.45, 2.75) is 5.88 Å². The first-order valence-electron chi connectivity index (χ1n) is 6.38. The average Bonchev–Trinajstić information content (AvgIpc) is 2.56. The van der Waals surface area contributed by atoms with E-state index in [0.29, 0.717) is 5.88 Å². The minimum absolute atomic E-state index is 0.504. The van der Waals surface area contributed by atoms with Gasteiger partial charge in [0, 0.05) is 36.2 Å². The highest BCUT2D eigenvalue weighted by Crippen LogP contribution is 2.32. The van der Waals surface area contributed by atoms with E-state index in [1.165, 1.54) is 0 Å². The fourth-order valence-electron chi connectivity index (χ4n) is 2.22. The fourth-order valence-corrected chi connectivity index (χ4v) is 2.38. The summed E-state index contributed by atoms with van der Waals surface area (Å²) in [5.41, 5.74) is 5.63. The maximum Gasteiger partial charge on any atom is 0.0474 e. The van der Waals surface area contributed by atoms with Crippen molar-refractivity contribution in [3.8, 4) is 22.3 Å². The molecular weight excluding hydrogens is 268 g/mol. The smallest absolute Gasteiger partial charge is 0.0474 e. The van der Waals surface area contributed by atoms with E-state index in [-0.39, 0.29) is 0 Å². The number of hydrogen-bond donors (Lipinski definition) is 0. The van der Waals surface area contributed by atoms with Gasteiger partial charge in [0.05, 0.1) is 0 Å².